The molecule has 1 aromatic carbocycles. The van der Waals surface area contributed by atoms with Crippen LogP contribution in [0.15, 0.2) is 12.1 Å². The third-order valence-corrected chi connectivity index (χ3v) is 3.19. The van der Waals surface area contributed by atoms with Crippen LogP contribution in [0.25, 0.3) is 0 Å². The molecular formula is C16H24N2O2. The largest absolute Gasteiger partial charge is 0.336 e. The van der Waals surface area contributed by atoms with Crippen LogP contribution in [0.4, 0.5) is 5.69 Å². The average molecular weight is 276 g/mol. The number of anilines is 1. The van der Waals surface area contributed by atoms with Gasteiger partial charge in [-0.1, -0.05) is 31.5 Å². The van der Waals surface area contributed by atoms with Gasteiger partial charge in [-0.3, -0.25) is 9.59 Å². The molecule has 0 aliphatic rings. The molecule has 0 aliphatic heterocycles. The predicted octanol–water partition coefficient (Wildman–Crippen LogP) is 2.66. The van der Waals surface area contributed by atoms with E-state index in [-0.39, 0.29) is 24.3 Å². The SMILES string of the molecule is Cc1cc(C)c(NC(=O)CN(C)C(=O)C(C)C)c(C)c1. The molecule has 0 heterocycles. The highest BCUT2D eigenvalue weighted by atomic mass is 16.2. The molecule has 1 N–H and O–H groups in total. The van der Waals surface area contributed by atoms with Crippen LogP contribution in [-0.4, -0.2) is 30.3 Å². The number of amides is 2. The van der Waals surface area contributed by atoms with E-state index in [1.807, 2.05) is 46.8 Å². The lowest BCUT2D eigenvalue weighted by atomic mass is 10.1. The topological polar surface area (TPSA) is 49.4 Å². The fourth-order valence-electron chi connectivity index (χ4n) is 2.29. The summed E-state index contributed by atoms with van der Waals surface area (Å²) in [5.41, 5.74) is 4.08. The van der Waals surface area contributed by atoms with E-state index >= 15 is 0 Å². The summed E-state index contributed by atoms with van der Waals surface area (Å²) < 4.78 is 0. The average Bonchev–Trinajstić information content (AvgIpc) is 2.32. The molecular weight excluding hydrogens is 252 g/mol. The normalized spacial score (nSPS) is 10.6. The Labute approximate surface area is 121 Å². The molecule has 0 radical (unpaired) electrons. The predicted molar refractivity (Wildman–Crippen MR) is 81.8 cm³/mol. The van der Waals surface area contributed by atoms with Crippen molar-refractivity contribution in [1.29, 1.82) is 0 Å². The molecule has 0 aliphatic carbocycles. The highest BCUT2D eigenvalue weighted by Gasteiger charge is 2.16. The molecule has 0 aromatic heterocycles. The summed E-state index contributed by atoms with van der Waals surface area (Å²) in [7, 11) is 1.65. The third-order valence-electron chi connectivity index (χ3n) is 3.19. The minimum Gasteiger partial charge on any atom is -0.336 e. The molecule has 0 saturated heterocycles. The van der Waals surface area contributed by atoms with Gasteiger partial charge in [-0.15, -0.1) is 0 Å². The van der Waals surface area contributed by atoms with Gasteiger partial charge in [0.1, 0.15) is 0 Å². The van der Waals surface area contributed by atoms with E-state index in [0.717, 1.165) is 16.8 Å². The quantitative estimate of drug-likeness (QED) is 0.919. The fourth-order valence-corrected chi connectivity index (χ4v) is 2.29. The van der Waals surface area contributed by atoms with E-state index in [0.29, 0.717) is 0 Å². The number of benzene rings is 1. The lowest BCUT2D eigenvalue weighted by Gasteiger charge is -2.20. The van der Waals surface area contributed by atoms with Crippen molar-refractivity contribution in [3.63, 3.8) is 0 Å². The van der Waals surface area contributed by atoms with E-state index in [1.165, 1.54) is 10.5 Å². The second-order valence-electron chi connectivity index (χ2n) is 5.67. The first-order valence-electron chi connectivity index (χ1n) is 6.85. The standard InChI is InChI=1S/C16H24N2O2/c1-10(2)16(20)18(6)9-14(19)17-15-12(4)7-11(3)8-13(15)5/h7-8,10H,9H2,1-6H3,(H,17,19). The molecule has 110 valence electrons. The summed E-state index contributed by atoms with van der Waals surface area (Å²) in [6.07, 6.45) is 0. The van der Waals surface area contributed by atoms with Gasteiger partial charge < -0.3 is 10.2 Å². The molecule has 20 heavy (non-hydrogen) atoms. The maximum atomic E-state index is 12.0. The van der Waals surface area contributed by atoms with Gasteiger partial charge in [0, 0.05) is 18.7 Å². The summed E-state index contributed by atoms with van der Waals surface area (Å²) in [5, 5.41) is 2.90. The van der Waals surface area contributed by atoms with E-state index in [2.05, 4.69) is 5.32 Å². The number of likely N-dealkylation sites (N-methyl/N-ethyl adjacent to an activating group) is 1. The molecule has 4 nitrogen and oxygen atoms in total. The van der Waals surface area contributed by atoms with Gasteiger partial charge in [0.25, 0.3) is 0 Å². The molecule has 1 aromatic rings. The minimum absolute atomic E-state index is 0.0301. The van der Waals surface area contributed by atoms with Crippen molar-refractivity contribution in [3.05, 3.63) is 28.8 Å². The second kappa shape index (κ2) is 6.55. The smallest absolute Gasteiger partial charge is 0.243 e. The molecule has 4 heteroatoms. The molecule has 0 fully saturated rings. The Balaban J connectivity index is 2.75. The van der Waals surface area contributed by atoms with Crippen LogP contribution in [-0.2, 0) is 9.59 Å². The Morgan fingerprint density at radius 2 is 1.65 bits per heavy atom. The van der Waals surface area contributed by atoms with Crippen LogP contribution in [0, 0.1) is 26.7 Å². The number of rotatable bonds is 4. The van der Waals surface area contributed by atoms with E-state index in [9.17, 15) is 9.59 Å². The summed E-state index contributed by atoms with van der Waals surface area (Å²) in [4.78, 5) is 25.2. The fraction of sp³-hybridized carbons (Fsp3) is 0.500. The van der Waals surface area contributed by atoms with Gasteiger partial charge in [0.2, 0.25) is 11.8 Å². The van der Waals surface area contributed by atoms with Crippen molar-refractivity contribution in [2.24, 2.45) is 5.92 Å². The molecule has 0 saturated carbocycles. The number of nitrogens with one attached hydrogen (secondary N) is 1. The zero-order valence-electron chi connectivity index (χ0n) is 13.2. The summed E-state index contributed by atoms with van der Waals surface area (Å²) in [6, 6.07) is 4.07. The van der Waals surface area contributed by atoms with Crippen molar-refractivity contribution >= 4 is 17.5 Å². The number of carbonyl (C=O) groups is 2. The Morgan fingerprint density at radius 1 is 1.15 bits per heavy atom. The van der Waals surface area contributed by atoms with Crippen LogP contribution in [0.1, 0.15) is 30.5 Å². The molecule has 0 atom stereocenters. The summed E-state index contributed by atoms with van der Waals surface area (Å²) in [5.74, 6) is -0.301. The van der Waals surface area contributed by atoms with Crippen molar-refractivity contribution in [2.75, 3.05) is 18.9 Å². The highest BCUT2D eigenvalue weighted by molar-refractivity contribution is 5.95. The van der Waals surface area contributed by atoms with Crippen LogP contribution in [0.2, 0.25) is 0 Å². The molecule has 2 amide bonds. The van der Waals surface area contributed by atoms with Crippen LogP contribution in [0.5, 0.6) is 0 Å². The number of nitrogens with zero attached hydrogens (tertiary/aromatic N) is 1. The zero-order valence-corrected chi connectivity index (χ0v) is 13.2. The maximum absolute atomic E-state index is 12.0. The van der Waals surface area contributed by atoms with Crippen LogP contribution < -0.4 is 5.32 Å². The first-order valence-corrected chi connectivity index (χ1v) is 6.85. The van der Waals surface area contributed by atoms with Crippen LogP contribution >= 0.6 is 0 Å². The monoisotopic (exact) mass is 276 g/mol. The lowest BCUT2D eigenvalue weighted by molar-refractivity contribution is -0.136. The molecule has 0 bridgehead atoms. The third kappa shape index (κ3) is 4.08. The number of carbonyl (C=O) groups excluding carboxylic acids is 2. The minimum atomic E-state index is -0.170. The first-order chi connectivity index (χ1) is 9.22. The Morgan fingerprint density at radius 3 is 2.10 bits per heavy atom. The van der Waals surface area contributed by atoms with Gasteiger partial charge in [-0.25, -0.2) is 0 Å². The second-order valence-corrected chi connectivity index (χ2v) is 5.67. The summed E-state index contributed by atoms with van der Waals surface area (Å²) in [6.45, 7) is 9.69. The van der Waals surface area contributed by atoms with Gasteiger partial charge in [-0.2, -0.15) is 0 Å². The van der Waals surface area contributed by atoms with Gasteiger partial charge in [0.05, 0.1) is 6.54 Å². The van der Waals surface area contributed by atoms with Crippen LogP contribution in [0.3, 0.4) is 0 Å². The van der Waals surface area contributed by atoms with E-state index < -0.39 is 0 Å². The van der Waals surface area contributed by atoms with Gasteiger partial charge >= 0.3 is 0 Å². The van der Waals surface area contributed by atoms with E-state index in [4.69, 9.17) is 0 Å². The Kier molecular flexibility index (Phi) is 5.31. The highest BCUT2D eigenvalue weighted by Crippen LogP contribution is 2.21. The lowest BCUT2D eigenvalue weighted by Crippen LogP contribution is -2.37. The van der Waals surface area contributed by atoms with E-state index in [1.54, 1.807) is 7.05 Å². The van der Waals surface area contributed by atoms with Crippen molar-refractivity contribution < 1.29 is 9.59 Å². The van der Waals surface area contributed by atoms with Gasteiger partial charge in [-0.05, 0) is 31.9 Å². The summed E-state index contributed by atoms with van der Waals surface area (Å²) >= 11 is 0. The van der Waals surface area contributed by atoms with Crippen molar-refractivity contribution in [3.8, 4) is 0 Å². The Bertz CT molecular complexity index is 498. The van der Waals surface area contributed by atoms with Crippen molar-refractivity contribution in [1.82, 2.24) is 4.90 Å². The molecule has 0 spiro atoms. The zero-order chi connectivity index (χ0) is 15.4. The first kappa shape index (κ1) is 16.2. The Hall–Kier alpha value is -1.84. The molecule has 1 rings (SSSR count). The van der Waals surface area contributed by atoms with Crippen molar-refractivity contribution in [2.45, 2.75) is 34.6 Å². The maximum Gasteiger partial charge on any atom is 0.243 e. The van der Waals surface area contributed by atoms with Gasteiger partial charge in [0.15, 0.2) is 0 Å². The number of aryl methyl sites for hydroxylation is 3. The number of hydrogen-bond acceptors (Lipinski definition) is 2. The molecule has 0 unspecified atom stereocenters. The number of hydrogen-bond donors (Lipinski definition) is 1.